The third-order valence-corrected chi connectivity index (χ3v) is 4.24. The van der Waals surface area contributed by atoms with Gasteiger partial charge in [0, 0.05) is 17.5 Å². The fourth-order valence-electron chi connectivity index (χ4n) is 2.00. The zero-order valence-corrected chi connectivity index (χ0v) is 15.9. The maximum Gasteiger partial charge on any atom is 0.490 e. The van der Waals surface area contributed by atoms with Crippen molar-refractivity contribution in [3.8, 4) is 0 Å². The van der Waals surface area contributed by atoms with E-state index < -0.39 is 12.1 Å². The molecule has 1 amide bonds. The molecule has 3 rings (SSSR count). The number of carbonyl (C=O) groups is 2. The molecule has 0 spiro atoms. The van der Waals surface area contributed by atoms with Crippen LogP contribution >= 0.6 is 11.3 Å². The van der Waals surface area contributed by atoms with Crippen molar-refractivity contribution in [1.82, 2.24) is 9.97 Å². The van der Waals surface area contributed by atoms with Crippen LogP contribution in [0.25, 0.3) is 0 Å². The van der Waals surface area contributed by atoms with Crippen LogP contribution in [0.2, 0.25) is 0 Å². The summed E-state index contributed by atoms with van der Waals surface area (Å²) >= 11 is 1.50. The summed E-state index contributed by atoms with van der Waals surface area (Å²) in [6, 6.07) is 13.8. The Hall–Kier alpha value is -3.27. The van der Waals surface area contributed by atoms with Crippen LogP contribution < -0.4 is 5.32 Å². The highest BCUT2D eigenvalue weighted by molar-refractivity contribution is 7.09. The van der Waals surface area contributed by atoms with Crippen LogP contribution in [0.4, 0.5) is 18.9 Å². The molecule has 1 aromatic carbocycles. The lowest BCUT2D eigenvalue weighted by Gasteiger charge is -2.02. The molecule has 29 heavy (non-hydrogen) atoms. The quantitative estimate of drug-likeness (QED) is 0.652. The van der Waals surface area contributed by atoms with E-state index in [4.69, 9.17) is 9.90 Å². The first-order valence-corrected chi connectivity index (χ1v) is 9.05. The van der Waals surface area contributed by atoms with Crippen LogP contribution in [0, 0.1) is 6.92 Å². The molecule has 0 unspecified atom stereocenters. The number of aromatic nitrogens is 2. The number of anilines is 1. The van der Waals surface area contributed by atoms with Crippen molar-refractivity contribution >= 4 is 28.9 Å². The molecule has 3 aromatic rings. The number of nitrogens with one attached hydrogen (secondary N) is 1. The number of carbonyl (C=O) groups excluding carboxylic acids is 1. The van der Waals surface area contributed by atoms with Gasteiger partial charge in [0.25, 0.3) is 5.91 Å². The standard InChI is InChI=1S/C17H15N3OS.C2HF3O2/c1-12-7-8-14(10-18-12)19-17(21)15-11-22-16(20-15)9-13-5-3-2-4-6-13;3-2(4,5)1(6)7/h2-8,10-11H,9H2,1H3,(H,19,21);(H,6,7). The number of hydrogen-bond donors (Lipinski definition) is 2. The second-order valence-corrected chi connectivity index (χ2v) is 6.68. The van der Waals surface area contributed by atoms with E-state index in [1.54, 1.807) is 11.6 Å². The summed E-state index contributed by atoms with van der Waals surface area (Å²) in [5.41, 5.74) is 3.22. The van der Waals surface area contributed by atoms with Gasteiger partial charge in [-0.25, -0.2) is 9.78 Å². The Morgan fingerprint density at radius 3 is 2.34 bits per heavy atom. The predicted octanol–water partition coefficient (Wildman–Crippen LogP) is 4.32. The van der Waals surface area contributed by atoms with E-state index in [1.807, 2.05) is 37.3 Å². The molecule has 0 fully saturated rings. The van der Waals surface area contributed by atoms with Gasteiger partial charge < -0.3 is 10.4 Å². The number of aryl methyl sites for hydroxylation is 1. The summed E-state index contributed by atoms with van der Waals surface area (Å²) in [5, 5.41) is 12.6. The first-order valence-electron chi connectivity index (χ1n) is 8.17. The zero-order valence-electron chi connectivity index (χ0n) is 15.1. The van der Waals surface area contributed by atoms with E-state index in [0.29, 0.717) is 11.4 Å². The molecule has 0 bridgehead atoms. The minimum Gasteiger partial charge on any atom is -0.475 e. The molecule has 6 nitrogen and oxygen atoms in total. The number of alkyl halides is 3. The van der Waals surface area contributed by atoms with Crippen molar-refractivity contribution in [1.29, 1.82) is 0 Å². The number of hydrogen-bond acceptors (Lipinski definition) is 5. The maximum atomic E-state index is 12.2. The number of nitrogens with zero attached hydrogens (tertiary/aromatic N) is 2. The number of halogens is 3. The van der Waals surface area contributed by atoms with Crippen molar-refractivity contribution in [2.45, 2.75) is 19.5 Å². The molecular formula is C19H16F3N3O3S. The lowest BCUT2D eigenvalue weighted by molar-refractivity contribution is -0.192. The fourth-order valence-corrected chi connectivity index (χ4v) is 2.81. The average molecular weight is 423 g/mol. The summed E-state index contributed by atoms with van der Waals surface area (Å²) in [5.74, 6) is -2.96. The van der Waals surface area contributed by atoms with Crippen molar-refractivity contribution in [2.75, 3.05) is 5.32 Å². The Kier molecular flexibility index (Phi) is 7.43. The Bertz CT molecular complexity index is 958. The SMILES string of the molecule is Cc1ccc(NC(=O)c2csc(Cc3ccccc3)n2)cn1.O=C(O)C(F)(F)F. The molecule has 0 saturated heterocycles. The highest BCUT2D eigenvalue weighted by Crippen LogP contribution is 2.16. The maximum absolute atomic E-state index is 12.2. The number of thiazole rings is 1. The van der Waals surface area contributed by atoms with E-state index in [0.717, 1.165) is 17.1 Å². The van der Waals surface area contributed by atoms with Crippen molar-refractivity contribution in [2.24, 2.45) is 0 Å². The largest absolute Gasteiger partial charge is 0.490 e. The molecule has 0 saturated carbocycles. The van der Waals surface area contributed by atoms with E-state index in [-0.39, 0.29) is 5.91 Å². The normalized spacial score (nSPS) is 10.6. The smallest absolute Gasteiger partial charge is 0.475 e. The van der Waals surface area contributed by atoms with Gasteiger partial charge in [-0.05, 0) is 24.6 Å². The topological polar surface area (TPSA) is 92.2 Å². The van der Waals surface area contributed by atoms with Crippen LogP contribution in [0.15, 0.2) is 54.0 Å². The summed E-state index contributed by atoms with van der Waals surface area (Å²) < 4.78 is 31.7. The molecule has 0 aliphatic carbocycles. The van der Waals surface area contributed by atoms with Gasteiger partial charge in [-0.1, -0.05) is 30.3 Å². The molecule has 0 aliphatic rings. The van der Waals surface area contributed by atoms with Gasteiger partial charge >= 0.3 is 12.1 Å². The number of carboxylic acids is 1. The molecule has 2 heterocycles. The van der Waals surface area contributed by atoms with E-state index in [9.17, 15) is 18.0 Å². The summed E-state index contributed by atoms with van der Waals surface area (Å²) in [7, 11) is 0. The molecular weight excluding hydrogens is 407 g/mol. The summed E-state index contributed by atoms with van der Waals surface area (Å²) in [6.45, 7) is 1.90. The molecule has 0 radical (unpaired) electrons. The number of aliphatic carboxylic acids is 1. The van der Waals surface area contributed by atoms with Gasteiger partial charge in [0.15, 0.2) is 0 Å². The van der Waals surface area contributed by atoms with E-state index in [1.165, 1.54) is 16.9 Å². The average Bonchev–Trinajstić information content (AvgIpc) is 3.13. The van der Waals surface area contributed by atoms with Crippen LogP contribution in [0.1, 0.15) is 26.8 Å². The van der Waals surface area contributed by atoms with Crippen molar-refractivity contribution < 1.29 is 27.9 Å². The predicted molar refractivity (Wildman–Crippen MR) is 102 cm³/mol. The second-order valence-electron chi connectivity index (χ2n) is 5.73. The lowest BCUT2D eigenvalue weighted by atomic mass is 10.2. The third kappa shape index (κ3) is 7.34. The van der Waals surface area contributed by atoms with E-state index in [2.05, 4.69) is 27.4 Å². The first-order chi connectivity index (χ1) is 13.6. The van der Waals surface area contributed by atoms with Crippen LogP contribution in [-0.4, -0.2) is 33.1 Å². The fraction of sp³-hybridized carbons (Fsp3) is 0.158. The zero-order chi connectivity index (χ0) is 21.4. The van der Waals surface area contributed by atoms with Gasteiger partial charge in [0.2, 0.25) is 0 Å². The Labute approximate surface area is 168 Å². The number of pyridine rings is 1. The third-order valence-electron chi connectivity index (χ3n) is 3.39. The van der Waals surface area contributed by atoms with Gasteiger partial charge in [0.05, 0.1) is 16.9 Å². The Morgan fingerprint density at radius 1 is 1.14 bits per heavy atom. The highest BCUT2D eigenvalue weighted by atomic mass is 32.1. The molecule has 2 N–H and O–H groups in total. The van der Waals surface area contributed by atoms with Gasteiger partial charge in [-0.15, -0.1) is 11.3 Å². The molecule has 0 atom stereocenters. The van der Waals surface area contributed by atoms with Crippen LogP contribution in [-0.2, 0) is 11.2 Å². The number of benzene rings is 1. The summed E-state index contributed by atoms with van der Waals surface area (Å²) in [6.07, 6.45) is -2.70. The van der Waals surface area contributed by atoms with Crippen LogP contribution in [0.3, 0.4) is 0 Å². The number of carboxylic acid groups (broad SMARTS) is 1. The lowest BCUT2D eigenvalue weighted by Crippen LogP contribution is -2.21. The summed E-state index contributed by atoms with van der Waals surface area (Å²) in [4.78, 5) is 29.6. The molecule has 0 aliphatic heterocycles. The minimum atomic E-state index is -5.08. The number of rotatable bonds is 4. The van der Waals surface area contributed by atoms with Crippen LogP contribution in [0.5, 0.6) is 0 Å². The Balaban J connectivity index is 0.000000370. The number of amides is 1. The Morgan fingerprint density at radius 2 is 1.79 bits per heavy atom. The van der Waals surface area contributed by atoms with Gasteiger partial charge in [-0.2, -0.15) is 13.2 Å². The van der Waals surface area contributed by atoms with Crippen molar-refractivity contribution in [3.05, 3.63) is 76.0 Å². The van der Waals surface area contributed by atoms with Crippen molar-refractivity contribution in [3.63, 3.8) is 0 Å². The first kappa shape index (κ1) is 22.0. The van der Waals surface area contributed by atoms with E-state index >= 15 is 0 Å². The molecule has 2 aromatic heterocycles. The molecule has 152 valence electrons. The molecule has 10 heteroatoms. The second kappa shape index (κ2) is 9.78. The highest BCUT2D eigenvalue weighted by Gasteiger charge is 2.38. The monoisotopic (exact) mass is 423 g/mol. The van der Waals surface area contributed by atoms with Gasteiger partial charge in [-0.3, -0.25) is 9.78 Å². The minimum absolute atomic E-state index is 0.207. The van der Waals surface area contributed by atoms with Gasteiger partial charge in [0.1, 0.15) is 5.69 Å².